The lowest BCUT2D eigenvalue weighted by atomic mass is 10.1. The first kappa shape index (κ1) is 19.4. The lowest BCUT2D eigenvalue weighted by Crippen LogP contribution is -2.46. The van der Waals surface area contributed by atoms with Crippen molar-refractivity contribution < 1.29 is 14.4 Å². The van der Waals surface area contributed by atoms with Crippen molar-refractivity contribution in [1.29, 1.82) is 0 Å². The fourth-order valence-corrected chi connectivity index (χ4v) is 3.64. The van der Waals surface area contributed by atoms with E-state index >= 15 is 0 Å². The van der Waals surface area contributed by atoms with E-state index in [1.807, 2.05) is 30.3 Å². The van der Waals surface area contributed by atoms with Gasteiger partial charge in [-0.2, -0.15) is 0 Å². The summed E-state index contributed by atoms with van der Waals surface area (Å²) in [5.74, 6) is 1.44. The Morgan fingerprint density at radius 1 is 1.04 bits per heavy atom. The number of hydrogen-bond acceptors (Lipinski definition) is 6. The molecule has 1 heterocycles. The fraction of sp³-hybridized carbons (Fsp3) is 0.368. The second kappa shape index (κ2) is 8.58. The fourth-order valence-electron chi connectivity index (χ4n) is 3.29. The molecule has 1 saturated heterocycles. The SMILES string of the molecule is COc1ccc(CN2CCN(c3ccc(Br)cc3[N+](=O)[O-])CC2)cc1OC. The lowest BCUT2D eigenvalue weighted by Gasteiger charge is -2.35. The molecule has 0 spiro atoms. The van der Waals surface area contributed by atoms with Gasteiger partial charge in [-0.3, -0.25) is 15.0 Å². The Kier molecular flexibility index (Phi) is 6.18. The Morgan fingerprint density at radius 2 is 1.74 bits per heavy atom. The topological polar surface area (TPSA) is 68.1 Å². The molecule has 0 aliphatic carbocycles. The summed E-state index contributed by atoms with van der Waals surface area (Å²) < 4.78 is 11.4. The van der Waals surface area contributed by atoms with Crippen LogP contribution in [0, 0.1) is 10.1 Å². The number of nitro groups is 1. The van der Waals surface area contributed by atoms with Crippen LogP contribution in [0.3, 0.4) is 0 Å². The van der Waals surface area contributed by atoms with E-state index in [1.165, 1.54) is 0 Å². The first-order chi connectivity index (χ1) is 13.0. The molecule has 0 amide bonds. The number of benzene rings is 2. The number of methoxy groups -OCH3 is 2. The molecule has 0 atom stereocenters. The molecule has 0 bridgehead atoms. The summed E-state index contributed by atoms with van der Waals surface area (Å²) in [5, 5.41) is 11.4. The van der Waals surface area contributed by atoms with Crippen molar-refractivity contribution in [1.82, 2.24) is 4.90 Å². The zero-order chi connectivity index (χ0) is 19.4. The van der Waals surface area contributed by atoms with E-state index in [9.17, 15) is 10.1 Å². The molecule has 144 valence electrons. The molecule has 1 fully saturated rings. The lowest BCUT2D eigenvalue weighted by molar-refractivity contribution is -0.384. The van der Waals surface area contributed by atoms with E-state index < -0.39 is 0 Å². The Balaban J connectivity index is 1.65. The maximum atomic E-state index is 11.4. The molecule has 2 aromatic rings. The quantitative estimate of drug-likeness (QED) is 0.508. The van der Waals surface area contributed by atoms with Crippen LogP contribution in [0.25, 0.3) is 0 Å². The number of hydrogen-bond donors (Lipinski definition) is 0. The van der Waals surface area contributed by atoms with Gasteiger partial charge in [0.2, 0.25) is 0 Å². The Hall–Kier alpha value is -2.32. The predicted octanol–water partition coefficient (Wildman–Crippen LogP) is 3.70. The minimum Gasteiger partial charge on any atom is -0.493 e. The third-order valence-electron chi connectivity index (χ3n) is 4.70. The summed E-state index contributed by atoms with van der Waals surface area (Å²) in [6, 6.07) is 11.2. The molecule has 3 rings (SSSR count). The number of nitrogens with zero attached hydrogens (tertiary/aromatic N) is 3. The van der Waals surface area contributed by atoms with Crippen molar-refractivity contribution in [2.75, 3.05) is 45.3 Å². The summed E-state index contributed by atoms with van der Waals surface area (Å²) in [6.45, 7) is 3.96. The second-order valence-corrected chi connectivity index (χ2v) is 7.26. The van der Waals surface area contributed by atoms with Crippen LogP contribution in [0.5, 0.6) is 11.5 Å². The van der Waals surface area contributed by atoms with E-state index in [0.717, 1.165) is 44.0 Å². The van der Waals surface area contributed by atoms with Crippen LogP contribution < -0.4 is 14.4 Å². The molecule has 27 heavy (non-hydrogen) atoms. The van der Waals surface area contributed by atoms with Gasteiger partial charge in [-0.1, -0.05) is 22.0 Å². The van der Waals surface area contributed by atoms with Crippen LogP contribution in [0.4, 0.5) is 11.4 Å². The van der Waals surface area contributed by atoms with Gasteiger partial charge in [0, 0.05) is 43.3 Å². The highest BCUT2D eigenvalue weighted by atomic mass is 79.9. The van der Waals surface area contributed by atoms with E-state index in [4.69, 9.17) is 9.47 Å². The highest BCUT2D eigenvalue weighted by Gasteiger charge is 2.24. The van der Waals surface area contributed by atoms with E-state index in [-0.39, 0.29) is 10.6 Å². The Morgan fingerprint density at radius 3 is 2.37 bits per heavy atom. The van der Waals surface area contributed by atoms with Crippen molar-refractivity contribution in [3.63, 3.8) is 0 Å². The molecule has 7 nitrogen and oxygen atoms in total. The number of halogens is 1. The molecular formula is C19H22BrN3O4. The number of piperazine rings is 1. The molecule has 0 unspecified atom stereocenters. The average Bonchev–Trinajstić information content (AvgIpc) is 2.68. The molecule has 1 aliphatic heterocycles. The first-order valence-corrected chi connectivity index (χ1v) is 9.43. The summed E-state index contributed by atoms with van der Waals surface area (Å²) in [6.07, 6.45) is 0. The van der Waals surface area contributed by atoms with Gasteiger partial charge in [-0.15, -0.1) is 0 Å². The van der Waals surface area contributed by atoms with E-state index in [1.54, 1.807) is 20.3 Å². The standard InChI is InChI=1S/C19H22BrN3O4/c1-26-18-6-3-14(11-19(18)27-2)13-21-7-9-22(10-8-21)16-5-4-15(20)12-17(16)23(24)25/h3-6,11-12H,7-10,13H2,1-2H3. The molecule has 1 aliphatic rings. The molecule has 0 saturated carbocycles. The average molecular weight is 436 g/mol. The van der Waals surface area contributed by atoms with Crippen LogP contribution in [-0.4, -0.2) is 50.2 Å². The monoisotopic (exact) mass is 435 g/mol. The summed E-state index contributed by atoms with van der Waals surface area (Å²) in [5.41, 5.74) is 1.96. The zero-order valence-electron chi connectivity index (χ0n) is 15.4. The van der Waals surface area contributed by atoms with Crippen molar-refractivity contribution >= 4 is 27.3 Å². The van der Waals surface area contributed by atoms with Crippen LogP contribution in [0.2, 0.25) is 0 Å². The highest BCUT2D eigenvalue weighted by Crippen LogP contribution is 2.32. The second-order valence-electron chi connectivity index (χ2n) is 6.34. The number of ether oxygens (including phenoxy) is 2. The largest absolute Gasteiger partial charge is 0.493 e. The third-order valence-corrected chi connectivity index (χ3v) is 5.19. The van der Waals surface area contributed by atoms with Gasteiger partial charge in [-0.25, -0.2) is 0 Å². The smallest absolute Gasteiger partial charge is 0.293 e. The van der Waals surface area contributed by atoms with Gasteiger partial charge in [0.05, 0.1) is 19.1 Å². The van der Waals surface area contributed by atoms with Crippen molar-refractivity contribution in [3.05, 3.63) is 56.5 Å². The van der Waals surface area contributed by atoms with Crippen molar-refractivity contribution in [2.24, 2.45) is 0 Å². The summed E-state index contributed by atoms with van der Waals surface area (Å²) in [4.78, 5) is 15.5. The first-order valence-electron chi connectivity index (χ1n) is 8.64. The third kappa shape index (κ3) is 4.51. The minimum atomic E-state index is -0.323. The molecule has 0 aromatic heterocycles. The van der Waals surface area contributed by atoms with Crippen LogP contribution in [-0.2, 0) is 6.54 Å². The van der Waals surface area contributed by atoms with E-state index in [2.05, 4.69) is 25.7 Å². The van der Waals surface area contributed by atoms with Crippen LogP contribution in [0.1, 0.15) is 5.56 Å². The summed E-state index contributed by atoms with van der Waals surface area (Å²) >= 11 is 3.31. The van der Waals surface area contributed by atoms with Gasteiger partial charge < -0.3 is 14.4 Å². The maximum absolute atomic E-state index is 11.4. The number of rotatable bonds is 6. The highest BCUT2D eigenvalue weighted by molar-refractivity contribution is 9.10. The van der Waals surface area contributed by atoms with E-state index in [0.29, 0.717) is 15.9 Å². The number of anilines is 1. The Labute approximate surface area is 166 Å². The minimum absolute atomic E-state index is 0.137. The van der Waals surface area contributed by atoms with Gasteiger partial charge in [0.25, 0.3) is 5.69 Å². The van der Waals surface area contributed by atoms with Crippen LogP contribution >= 0.6 is 15.9 Å². The van der Waals surface area contributed by atoms with Gasteiger partial charge in [0.1, 0.15) is 5.69 Å². The van der Waals surface area contributed by atoms with Crippen molar-refractivity contribution in [3.8, 4) is 11.5 Å². The predicted molar refractivity (Wildman–Crippen MR) is 108 cm³/mol. The molecule has 0 N–H and O–H groups in total. The molecule has 8 heteroatoms. The maximum Gasteiger partial charge on any atom is 0.293 e. The zero-order valence-corrected chi connectivity index (χ0v) is 16.9. The van der Waals surface area contributed by atoms with Gasteiger partial charge in [-0.05, 0) is 29.8 Å². The summed E-state index contributed by atoms with van der Waals surface area (Å²) in [7, 11) is 3.25. The number of nitro benzene ring substituents is 1. The van der Waals surface area contributed by atoms with Crippen molar-refractivity contribution in [2.45, 2.75) is 6.54 Å². The molecule has 0 radical (unpaired) electrons. The van der Waals surface area contributed by atoms with Gasteiger partial charge >= 0.3 is 0 Å². The van der Waals surface area contributed by atoms with Crippen LogP contribution in [0.15, 0.2) is 40.9 Å². The molecule has 2 aromatic carbocycles. The Bertz CT molecular complexity index is 823. The normalized spacial score (nSPS) is 14.9. The van der Waals surface area contributed by atoms with Gasteiger partial charge in [0.15, 0.2) is 11.5 Å². The molecular weight excluding hydrogens is 414 g/mol.